The topological polar surface area (TPSA) is 84.0 Å². The third-order valence-corrected chi connectivity index (χ3v) is 7.50. The van der Waals surface area contributed by atoms with E-state index in [1.807, 2.05) is 66.9 Å². The number of hydrogen-bond donors (Lipinski definition) is 3. The van der Waals surface area contributed by atoms with Crippen molar-refractivity contribution in [3.8, 4) is 11.1 Å². The Labute approximate surface area is 225 Å². The van der Waals surface area contributed by atoms with E-state index in [-0.39, 0.29) is 18.2 Å². The second-order valence-electron chi connectivity index (χ2n) is 10.2. The van der Waals surface area contributed by atoms with E-state index in [2.05, 4.69) is 36.4 Å². The number of urea groups is 1. The van der Waals surface area contributed by atoms with E-state index < -0.39 is 0 Å². The van der Waals surface area contributed by atoms with Gasteiger partial charge in [0.1, 0.15) is 0 Å². The summed E-state index contributed by atoms with van der Waals surface area (Å²) < 4.78 is 0. The van der Waals surface area contributed by atoms with E-state index in [9.17, 15) is 9.90 Å². The lowest BCUT2D eigenvalue weighted by Crippen LogP contribution is -2.51. The number of amides is 2. The number of β-amino-alcohol motifs (C(OH)–C–C–N with tert-alkyl or cyclic N) is 1. The van der Waals surface area contributed by atoms with Crippen LogP contribution in [-0.4, -0.2) is 90.4 Å². The number of likely N-dealkylation sites (tertiary alicyclic amines) is 1. The van der Waals surface area contributed by atoms with Gasteiger partial charge in [-0.3, -0.25) is 9.88 Å². The third kappa shape index (κ3) is 7.10. The molecule has 2 aromatic carbocycles. The maximum Gasteiger partial charge on any atom is 0.319 e. The number of rotatable bonds is 8. The van der Waals surface area contributed by atoms with Crippen LogP contribution in [-0.2, 0) is 0 Å². The summed E-state index contributed by atoms with van der Waals surface area (Å²) >= 11 is 0. The predicted molar refractivity (Wildman–Crippen MR) is 152 cm³/mol. The van der Waals surface area contributed by atoms with E-state index in [1.165, 1.54) is 5.69 Å². The summed E-state index contributed by atoms with van der Waals surface area (Å²) in [4.78, 5) is 24.0. The Morgan fingerprint density at radius 3 is 2.26 bits per heavy atom. The quantitative estimate of drug-likeness (QED) is 0.427. The Hall–Kier alpha value is -3.46. The first kappa shape index (κ1) is 26.2. The highest BCUT2D eigenvalue weighted by molar-refractivity contribution is 5.94. The van der Waals surface area contributed by atoms with Gasteiger partial charge in [0.2, 0.25) is 0 Å². The van der Waals surface area contributed by atoms with Crippen molar-refractivity contribution >= 4 is 17.4 Å². The fourth-order valence-electron chi connectivity index (χ4n) is 5.45. The number of aromatic nitrogens is 1. The van der Waals surface area contributed by atoms with E-state index in [0.29, 0.717) is 13.1 Å². The maximum atomic E-state index is 12.8. The number of nitrogens with one attached hydrogen (secondary N) is 2. The third-order valence-electron chi connectivity index (χ3n) is 7.50. The van der Waals surface area contributed by atoms with E-state index in [4.69, 9.17) is 0 Å². The van der Waals surface area contributed by atoms with Crippen molar-refractivity contribution in [1.82, 2.24) is 20.1 Å². The molecule has 0 spiro atoms. The van der Waals surface area contributed by atoms with Crippen molar-refractivity contribution in [3.05, 3.63) is 79.1 Å². The number of aliphatic hydroxyl groups is 1. The molecule has 0 aliphatic carbocycles. The summed E-state index contributed by atoms with van der Waals surface area (Å²) in [6, 6.07) is 22.0. The number of carbonyl (C=O) groups excluding carboxylic acids is 1. The molecule has 3 heterocycles. The molecule has 2 aliphatic rings. The standard InChI is InChI=1S/C30H38N6O2/c37-27(23-35-17-19-36(20-18-35)26-9-6-14-31-21-26)22-34-15-12-25(13-16-34)32-30(38)33-29-11-5-4-10-28(29)24-7-2-1-3-8-24/h1-11,14,21,25,27,37H,12-13,15-20,22-23H2,(H2,32,33,38). The molecule has 2 amide bonds. The summed E-state index contributed by atoms with van der Waals surface area (Å²) in [7, 11) is 0. The van der Waals surface area contributed by atoms with Gasteiger partial charge in [-0.05, 0) is 36.6 Å². The van der Waals surface area contributed by atoms with Crippen LogP contribution >= 0.6 is 0 Å². The second kappa shape index (κ2) is 12.9. The van der Waals surface area contributed by atoms with Crippen molar-refractivity contribution in [2.75, 3.05) is 62.6 Å². The second-order valence-corrected chi connectivity index (χ2v) is 10.2. The number of piperidine rings is 1. The number of hydrogen-bond acceptors (Lipinski definition) is 6. The Morgan fingerprint density at radius 1 is 0.868 bits per heavy atom. The molecule has 2 saturated heterocycles. The van der Waals surface area contributed by atoms with Gasteiger partial charge < -0.3 is 25.5 Å². The van der Waals surface area contributed by atoms with Crippen molar-refractivity contribution in [2.45, 2.75) is 25.0 Å². The predicted octanol–water partition coefficient (Wildman–Crippen LogP) is 3.52. The van der Waals surface area contributed by atoms with Gasteiger partial charge in [-0.1, -0.05) is 48.5 Å². The number of anilines is 2. The van der Waals surface area contributed by atoms with Gasteiger partial charge in [-0.2, -0.15) is 0 Å². The van der Waals surface area contributed by atoms with Gasteiger partial charge in [0.05, 0.1) is 23.7 Å². The van der Waals surface area contributed by atoms with Crippen molar-refractivity contribution in [3.63, 3.8) is 0 Å². The molecule has 0 radical (unpaired) electrons. The van der Waals surface area contributed by atoms with Crippen LogP contribution in [0.15, 0.2) is 79.1 Å². The molecule has 1 aromatic heterocycles. The molecule has 38 heavy (non-hydrogen) atoms. The lowest BCUT2D eigenvalue weighted by Gasteiger charge is -2.38. The number of aliphatic hydroxyl groups excluding tert-OH is 1. The van der Waals surface area contributed by atoms with Crippen LogP contribution in [0.5, 0.6) is 0 Å². The van der Waals surface area contributed by atoms with Crippen LogP contribution in [0.4, 0.5) is 16.2 Å². The number of benzene rings is 2. The summed E-state index contributed by atoms with van der Waals surface area (Å²) in [6.07, 6.45) is 5.10. The fraction of sp³-hybridized carbons (Fsp3) is 0.400. The minimum Gasteiger partial charge on any atom is -0.390 e. The minimum absolute atomic E-state index is 0.132. The SMILES string of the molecule is O=C(Nc1ccccc1-c1ccccc1)NC1CCN(CC(O)CN2CCN(c3cccnc3)CC2)CC1. The molecule has 1 atom stereocenters. The van der Waals surface area contributed by atoms with Gasteiger partial charge in [-0.25, -0.2) is 4.79 Å². The van der Waals surface area contributed by atoms with Crippen molar-refractivity contribution in [2.24, 2.45) is 0 Å². The highest BCUT2D eigenvalue weighted by atomic mass is 16.3. The monoisotopic (exact) mass is 514 g/mol. The average Bonchev–Trinajstić information content (AvgIpc) is 2.96. The molecule has 2 fully saturated rings. The van der Waals surface area contributed by atoms with Crippen LogP contribution in [0.25, 0.3) is 11.1 Å². The molecule has 200 valence electrons. The van der Waals surface area contributed by atoms with Crippen molar-refractivity contribution < 1.29 is 9.90 Å². The van der Waals surface area contributed by atoms with Crippen LogP contribution in [0, 0.1) is 0 Å². The normalized spacial score (nSPS) is 18.2. The van der Waals surface area contributed by atoms with Crippen LogP contribution in [0.2, 0.25) is 0 Å². The van der Waals surface area contributed by atoms with E-state index in [0.717, 1.165) is 68.9 Å². The average molecular weight is 515 g/mol. The first-order valence-electron chi connectivity index (χ1n) is 13.6. The Bertz CT molecular complexity index is 1150. The molecule has 3 aromatic rings. The van der Waals surface area contributed by atoms with Crippen molar-refractivity contribution in [1.29, 1.82) is 0 Å². The maximum absolute atomic E-state index is 12.8. The largest absolute Gasteiger partial charge is 0.390 e. The zero-order chi connectivity index (χ0) is 26.2. The zero-order valence-corrected chi connectivity index (χ0v) is 21.9. The van der Waals surface area contributed by atoms with Gasteiger partial charge in [0.25, 0.3) is 0 Å². The molecule has 8 nitrogen and oxygen atoms in total. The number of pyridine rings is 1. The molecule has 1 unspecified atom stereocenters. The smallest absolute Gasteiger partial charge is 0.319 e. The summed E-state index contributed by atoms with van der Waals surface area (Å²) in [5.41, 5.74) is 4.05. The first-order valence-corrected chi connectivity index (χ1v) is 13.6. The van der Waals surface area contributed by atoms with Gasteiger partial charge >= 0.3 is 6.03 Å². The highest BCUT2D eigenvalue weighted by Crippen LogP contribution is 2.27. The van der Waals surface area contributed by atoms with E-state index >= 15 is 0 Å². The molecule has 8 heteroatoms. The zero-order valence-electron chi connectivity index (χ0n) is 21.9. The Morgan fingerprint density at radius 2 is 1.55 bits per heavy atom. The summed E-state index contributed by atoms with van der Waals surface area (Å²) in [5, 5.41) is 16.9. The molecule has 0 bridgehead atoms. The number of piperazine rings is 1. The van der Waals surface area contributed by atoms with E-state index in [1.54, 1.807) is 6.20 Å². The van der Waals surface area contributed by atoms with Gasteiger partial charge in [0, 0.05) is 70.2 Å². The number of para-hydroxylation sites is 1. The summed E-state index contributed by atoms with van der Waals surface area (Å²) in [6.45, 7) is 6.91. The molecular formula is C30H38N6O2. The first-order chi connectivity index (χ1) is 18.6. The number of carbonyl (C=O) groups is 1. The minimum atomic E-state index is -0.373. The van der Waals surface area contributed by atoms with Gasteiger partial charge in [-0.15, -0.1) is 0 Å². The molecule has 2 aliphatic heterocycles. The lowest BCUT2D eigenvalue weighted by molar-refractivity contribution is 0.0619. The Balaban J connectivity index is 1.02. The Kier molecular flexibility index (Phi) is 8.86. The molecular weight excluding hydrogens is 476 g/mol. The van der Waals surface area contributed by atoms with Crippen LogP contribution < -0.4 is 15.5 Å². The highest BCUT2D eigenvalue weighted by Gasteiger charge is 2.25. The van der Waals surface area contributed by atoms with Crippen LogP contribution in [0.1, 0.15) is 12.8 Å². The van der Waals surface area contributed by atoms with Crippen LogP contribution in [0.3, 0.4) is 0 Å². The number of nitrogens with zero attached hydrogens (tertiary/aromatic N) is 4. The molecule has 0 saturated carbocycles. The lowest BCUT2D eigenvalue weighted by atomic mass is 10.0. The fourth-order valence-corrected chi connectivity index (χ4v) is 5.45. The summed E-state index contributed by atoms with van der Waals surface area (Å²) in [5.74, 6) is 0. The molecule has 3 N–H and O–H groups in total. The van der Waals surface area contributed by atoms with Gasteiger partial charge in [0.15, 0.2) is 0 Å². The molecule has 5 rings (SSSR count).